The third kappa shape index (κ3) is 2.82. The number of anilines is 2. The molecule has 0 radical (unpaired) electrons. The van der Waals surface area contributed by atoms with E-state index in [1.54, 1.807) is 18.3 Å². The predicted molar refractivity (Wildman–Crippen MR) is 68.2 cm³/mol. The molecule has 0 aliphatic carbocycles. The lowest BCUT2D eigenvalue weighted by atomic mass is 10.1. The smallest absolute Gasteiger partial charge is 0.130 e. The summed E-state index contributed by atoms with van der Waals surface area (Å²) < 4.78 is 0. The molecule has 0 bridgehead atoms. The first-order chi connectivity index (χ1) is 8.17. The van der Waals surface area contributed by atoms with Crippen molar-refractivity contribution in [3.8, 4) is 6.07 Å². The minimum Gasteiger partial charge on any atom is -0.340 e. The van der Waals surface area contributed by atoms with E-state index in [2.05, 4.69) is 42.3 Å². The molecule has 0 aliphatic heterocycles. The highest BCUT2D eigenvalue weighted by Gasteiger charge is 1.98. The van der Waals surface area contributed by atoms with Crippen LogP contribution >= 0.6 is 0 Å². The summed E-state index contributed by atoms with van der Waals surface area (Å²) in [6, 6.07) is 11.8. The standard InChI is InChI=1S/C14H13N3/c1-10-5-11(2)7-13(6-10)17-14-4-3-12(8-15)9-16-14/h3-7,9H,1-2H3,(H,16,17). The maximum atomic E-state index is 8.68. The van der Waals surface area contributed by atoms with E-state index in [9.17, 15) is 0 Å². The van der Waals surface area contributed by atoms with Gasteiger partial charge in [-0.05, 0) is 49.2 Å². The van der Waals surface area contributed by atoms with Crippen LogP contribution in [0, 0.1) is 25.2 Å². The van der Waals surface area contributed by atoms with Crippen molar-refractivity contribution in [1.29, 1.82) is 5.26 Å². The van der Waals surface area contributed by atoms with Crippen molar-refractivity contribution in [1.82, 2.24) is 4.98 Å². The lowest BCUT2D eigenvalue weighted by Gasteiger charge is -2.07. The maximum absolute atomic E-state index is 8.68. The van der Waals surface area contributed by atoms with E-state index < -0.39 is 0 Å². The lowest BCUT2D eigenvalue weighted by Crippen LogP contribution is -1.94. The monoisotopic (exact) mass is 223 g/mol. The van der Waals surface area contributed by atoms with Gasteiger partial charge in [-0.1, -0.05) is 6.07 Å². The van der Waals surface area contributed by atoms with Crippen LogP contribution in [0.3, 0.4) is 0 Å². The lowest BCUT2D eigenvalue weighted by molar-refractivity contribution is 1.28. The van der Waals surface area contributed by atoms with E-state index in [0.717, 1.165) is 11.5 Å². The summed E-state index contributed by atoms with van der Waals surface area (Å²) in [6.07, 6.45) is 1.56. The second-order valence-electron chi connectivity index (χ2n) is 4.05. The fourth-order valence-electron chi connectivity index (χ4n) is 1.73. The molecule has 0 saturated carbocycles. The molecule has 0 amide bonds. The van der Waals surface area contributed by atoms with Crippen molar-refractivity contribution in [2.75, 3.05) is 5.32 Å². The van der Waals surface area contributed by atoms with Crippen LogP contribution in [0.5, 0.6) is 0 Å². The molecule has 0 unspecified atom stereocenters. The van der Waals surface area contributed by atoms with Crippen LogP contribution in [0.25, 0.3) is 0 Å². The molecule has 3 heteroatoms. The number of hydrogen-bond acceptors (Lipinski definition) is 3. The number of nitrogens with zero attached hydrogens (tertiary/aromatic N) is 2. The molecule has 0 aliphatic rings. The van der Waals surface area contributed by atoms with E-state index in [4.69, 9.17) is 5.26 Å². The Kier molecular flexibility index (Phi) is 3.06. The van der Waals surface area contributed by atoms with Gasteiger partial charge >= 0.3 is 0 Å². The first-order valence-electron chi connectivity index (χ1n) is 5.39. The van der Waals surface area contributed by atoms with Crippen LogP contribution in [0.4, 0.5) is 11.5 Å². The third-order valence-corrected chi connectivity index (χ3v) is 2.39. The van der Waals surface area contributed by atoms with Gasteiger partial charge in [0.25, 0.3) is 0 Å². The van der Waals surface area contributed by atoms with E-state index in [1.165, 1.54) is 11.1 Å². The minimum atomic E-state index is 0.566. The summed E-state index contributed by atoms with van der Waals surface area (Å²) in [4.78, 5) is 4.17. The molecule has 17 heavy (non-hydrogen) atoms. The SMILES string of the molecule is Cc1cc(C)cc(Nc2ccc(C#N)cn2)c1. The molecule has 0 spiro atoms. The molecule has 3 nitrogen and oxygen atoms in total. The fraction of sp³-hybridized carbons (Fsp3) is 0.143. The highest BCUT2D eigenvalue weighted by Crippen LogP contribution is 2.18. The Hall–Kier alpha value is -2.34. The Balaban J connectivity index is 2.22. The summed E-state index contributed by atoms with van der Waals surface area (Å²) in [6.45, 7) is 4.12. The Morgan fingerprint density at radius 2 is 1.82 bits per heavy atom. The molecule has 1 N–H and O–H groups in total. The Bertz CT molecular complexity index is 545. The molecule has 84 valence electrons. The molecular formula is C14H13N3. The second-order valence-corrected chi connectivity index (χ2v) is 4.05. The van der Waals surface area contributed by atoms with Crippen molar-refractivity contribution < 1.29 is 0 Å². The highest BCUT2D eigenvalue weighted by molar-refractivity contribution is 5.58. The number of pyridine rings is 1. The van der Waals surface area contributed by atoms with Crippen LogP contribution in [0.1, 0.15) is 16.7 Å². The van der Waals surface area contributed by atoms with Gasteiger partial charge in [-0.3, -0.25) is 0 Å². The maximum Gasteiger partial charge on any atom is 0.130 e. The molecule has 0 atom stereocenters. The van der Waals surface area contributed by atoms with Gasteiger partial charge in [-0.2, -0.15) is 5.26 Å². The van der Waals surface area contributed by atoms with E-state index in [0.29, 0.717) is 5.56 Å². The summed E-state index contributed by atoms with van der Waals surface area (Å²) in [5.74, 6) is 0.744. The number of nitriles is 1. The number of hydrogen-bond donors (Lipinski definition) is 1. The topological polar surface area (TPSA) is 48.7 Å². The number of benzene rings is 1. The Morgan fingerprint density at radius 3 is 2.35 bits per heavy atom. The molecule has 0 fully saturated rings. The number of aryl methyl sites for hydroxylation is 2. The van der Waals surface area contributed by atoms with Crippen LogP contribution in [-0.2, 0) is 0 Å². The average Bonchev–Trinajstić information content (AvgIpc) is 2.28. The van der Waals surface area contributed by atoms with Gasteiger partial charge in [0.2, 0.25) is 0 Å². The first-order valence-corrected chi connectivity index (χ1v) is 5.39. The van der Waals surface area contributed by atoms with Crippen molar-refractivity contribution in [2.45, 2.75) is 13.8 Å². The largest absolute Gasteiger partial charge is 0.340 e. The quantitative estimate of drug-likeness (QED) is 0.849. The zero-order chi connectivity index (χ0) is 12.3. The number of nitrogens with one attached hydrogen (secondary N) is 1. The Labute approximate surface area is 101 Å². The van der Waals surface area contributed by atoms with Gasteiger partial charge in [0, 0.05) is 11.9 Å². The van der Waals surface area contributed by atoms with Crippen molar-refractivity contribution in [2.24, 2.45) is 0 Å². The van der Waals surface area contributed by atoms with Gasteiger partial charge in [0.1, 0.15) is 11.9 Å². The minimum absolute atomic E-state index is 0.566. The average molecular weight is 223 g/mol. The molecule has 1 aromatic heterocycles. The second kappa shape index (κ2) is 4.67. The molecule has 0 saturated heterocycles. The van der Waals surface area contributed by atoms with Gasteiger partial charge < -0.3 is 5.32 Å². The van der Waals surface area contributed by atoms with Crippen LogP contribution in [0.2, 0.25) is 0 Å². The van der Waals surface area contributed by atoms with Crippen molar-refractivity contribution in [3.63, 3.8) is 0 Å². The van der Waals surface area contributed by atoms with Gasteiger partial charge in [-0.25, -0.2) is 4.98 Å². The summed E-state index contributed by atoms with van der Waals surface area (Å²) in [5, 5.41) is 11.9. The van der Waals surface area contributed by atoms with Crippen molar-refractivity contribution in [3.05, 3.63) is 53.2 Å². The summed E-state index contributed by atoms with van der Waals surface area (Å²) in [5.41, 5.74) is 4.00. The normalized spacial score (nSPS) is 9.71. The Morgan fingerprint density at radius 1 is 1.12 bits per heavy atom. The van der Waals surface area contributed by atoms with Gasteiger partial charge in [0.15, 0.2) is 0 Å². The summed E-state index contributed by atoms with van der Waals surface area (Å²) >= 11 is 0. The predicted octanol–water partition coefficient (Wildman–Crippen LogP) is 3.31. The number of rotatable bonds is 2. The highest BCUT2D eigenvalue weighted by atomic mass is 15.0. The molecule has 1 aromatic carbocycles. The zero-order valence-electron chi connectivity index (χ0n) is 9.86. The van der Waals surface area contributed by atoms with Crippen LogP contribution < -0.4 is 5.32 Å². The van der Waals surface area contributed by atoms with Gasteiger partial charge in [0.05, 0.1) is 5.56 Å². The van der Waals surface area contributed by atoms with Crippen molar-refractivity contribution >= 4 is 11.5 Å². The van der Waals surface area contributed by atoms with E-state index >= 15 is 0 Å². The van der Waals surface area contributed by atoms with E-state index in [-0.39, 0.29) is 0 Å². The molecule has 1 heterocycles. The summed E-state index contributed by atoms with van der Waals surface area (Å²) in [7, 11) is 0. The molecular weight excluding hydrogens is 210 g/mol. The van der Waals surface area contributed by atoms with Crippen LogP contribution in [-0.4, -0.2) is 4.98 Å². The third-order valence-electron chi connectivity index (χ3n) is 2.39. The van der Waals surface area contributed by atoms with Crippen LogP contribution in [0.15, 0.2) is 36.5 Å². The molecule has 2 rings (SSSR count). The molecule has 2 aromatic rings. The van der Waals surface area contributed by atoms with E-state index in [1.807, 2.05) is 6.07 Å². The fourth-order valence-corrected chi connectivity index (χ4v) is 1.73. The zero-order valence-corrected chi connectivity index (χ0v) is 9.86. The first kappa shape index (κ1) is 11.2. The van der Waals surface area contributed by atoms with Gasteiger partial charge in [-0.15, -0.1) is 0 Å². The number of aromatic nitrogens is 1.